The second-order valence-electron chi connectivity index (χ2n) is 5.61. The van der Waals surface area contributed by atoms with Gasteiger partial charge in [-0.25, -0.2) is 29.1 Å². The van der Waals surface area contributed by atoms with Crippen LogP contribution in [-0.4, -0.2) is 63.0 Å². The van der Waals surface area contributed by atoms with Gasteiger partial charge in [-0.15, -0.1) is 11.8 Å². The van der Waals surface area contributed by atoms with Gasteiger partial charge < -0.3 is 19.7 Å². The van der Waals surface area contributed by atoms with E-state index in [2.05, 4.69) is 14.7 Å². The van der Waals surface area contributed by atoms with Crippen LogP contribution in [0.2, 0.25) is 5.02 Å². The highest BCUT2D eigenvalue weighted by molar-refractivity contribution is 7.99. The molecule has 0 atom stereocenters. The number of thioether (sulfide) groups is 1. The van der Waals surface area contributed by atoms with Crippen molar-refractivity contribution < 1.29 is 38.9 Å². The quantitative estimate of drug-likeness (QED) is 0.416. The average molecular weight is 485 g/mol. The summed E-state index contributed by atoms with van der Waals surface area (Å²) in [5.74, 6) is -2.69. The van der Waals surface area contributed by atoms with E-state index in [0.29, 0.717) is 4.90 Å². The molecule has 2 heterocycles. The highest BCUT2D eigenvalue weighted by atomic mass is 35.5. The van der Waals surface area contributed by atoms with E-state index in [9.17, 15) is 19.2 Å². The molecule has 12 heteroatoms. The number of hydrogen-bond donors (Lipinski definition) is 2. The van der Waals surface area contributed by atoms with Crippen molar-refractivity contribution in [3.63, 3.8) is 0 Å². The predicted octanol–water partition coefficient (Wildman–Crippen LogP) is 3.68. The Kier molecular flexibility index (Phi) is 11.1. The number of hydrogen-bond acceptors (Lipinski definition) is 9. The third-order valence-electron chi connectivity index (χ3n) is 3.43. The van der Waals surface area contributed by atoms with Crippen LogP contribution in [0.3, 0.4) is 0 Å². The van der Waals surface area contributed by atoms with Gasteiger partial charge in [0.25, 0.3) is 0 Å². The van der Waals surface area contributed by atoms with E-state index >= 15 is 0 Å². The van der Waals surface area contributed by atoms with Crippen LogP contribution in [0.25, 0.3) is 0 Å². The molecule has 2 rings (SSSR count). The largest absolute Gasteiger partial charge is 0.478 e. The molecule has 0 unspecified atom stereocenters. The molecule has 0 aliphatic carbocycles. The molecule has 2 aromatic heterocycles. The van der Waals surface area contributed by atoms with Crippen LogP contribution in [0.15, 0.2) is 29.4 Å². The Hall–Kier alpha value is -3.18. The second-order valence-corrected chi connectivity index (χ2v) is 7.32. The number of carboxylic acid groups (broad SMARTS) is 2. The average Bonchev–Trinajstić information content (AvgIpc) is 2.74. The summed E-state index contributed by atoms with van der Waals surface area (Å²) in [6.45, 7) is 5.73. The van der Waals surface area contributed by atoms with Gasteiger partial charge in [-0.3, -0.25) is 0 Å². The monoisotopic (exact) mass is 484 g/mol. The second kappa shape index (κ2) is 13.3. The summed E-state index contributed by atoms with van der Waals surface area (Å²) in [6.07, 6.45) is 2.22. The van der Waals surface area contributed by atoms with Crippen LogP contribution in [0.1, 0.15) is 62.5 Å². The molecule has 2 N–H and O–H groups in total. The molecule has 2 aromatic rings. The normalized spacial score (nSPS) is 9.88. The number of pyridine rings is 2. The number of carbonyl (C=O) groups excluding carboxylic acids is 2. The van der Waals surface area contributed by atoms with Gasteiger partial charge in [-0.1, -0.05) is 18.5 Å². The highest BCUT2D eigenvalue weighted by Crippen LogP contribution is 2.23. The third-order valence-corrected chi connectivity index (χ3v) is 4.62. The van der Waals surface area contributed by atoms with Crippen LogP contribution in [0.5, 0.6) is 0 Å². The lowest BCUT2D eigenvalue weighted by atomic mass is 10.2. The van der Waals surface area contributed by atoms with Gasteiger partial charge in [0.05, 0.1) is 29.4 Å². The number of aromatic nitrogens is 2. The molecule has 0 aliphatic heterocycles. The van der Waals surface area contributed by atoms with Gasteiger partial charge >= 0.3 is 23.9 Å². The summed E-state index contributed by atoms with van der Waals surface area (Å²) in [5, 5.41) is 17.4. The summed E-state index contributed by atoms with van der Waals surface area (Å²) in [5.41, 5.74) is 0.0780. The first-order valence-electron chi connectivity index (χ1n) is 9.25. The van der Waals surface area contributed by atoms with Crippen LogP contribution >= 0.6 is 23.4 Å². The van der Waals surface area contributed by atoms with Crippen molar-refractivity contribution >= 4 is 47.2 Å². The maximum Gasteiger partial charge on any atom is 0.358 e. The molecule has 10 nitrogen and oxygen atoms in total. The number of ether oxygens (including phenoxy) is 2. The smallest absolute Gasteiger partial charge is 0.358 e. The summed E-state index contributed by atoms with van der Waals surface area (Å²) in [6, 6.07) is 2.60. The first-order valence-corrected chi connectivity index (χ1v) is 10.6. The van der Waals surface area contributed by atoms with Gasteiger partial charge in [0, 0.05) is 17.3 Å². The zero-order valence-electron chi connectivity index (χ0n) is 17.5. The zero-order valence-corrected chi connectivity index (χ0v) is 19.0. The fourth-order valence-electron chi connectivity index (χ4n) is 2.08. The molecule has 0 aliphatic rings. The van der Waals surface area contributed by atoms with Crippen molar-refractivity contribution in [2.24, 2.45) is 0 Å². The van der Waals surface area contributed by atoms with E-state index in [-0.39, 0.29) is 40.8 Å². The standard InChI is InChI=1S/C11H13NO4S.C9H8ClNO4/c1-3-16-11(15)9-8(17-4-2)5-7(6-12-9)10(13)14;1-2-15-9(14)7-6(10)3-5(4-11-7)8(12)13/h5-6H,3-4H2,1-2H3,(H,13,14);3-4H,2H2,1H3,(H,12,13). The van der Waals surface area contributed by atoms with Crippen LogP contribution in [-0.2, 0) is 9.47 Å². The molecule has 32 heavy (non-hydrogen) atoms. The summed E-state index contributed by atoms with van der Waals surface area (Å²) >= 11 is 7.04. The lowest BCUT2D eigenvalue weighted by Gasteiger charge is -2.07. The minimum absolute atomic E-state index is 0.0339. The summed E-state index contributed by atoms with van der Waals surface area (Å²) in [4.78, 5) is 52.2. The maximum absolute atomic E-state index is 11.6. The van der Waals surface area contributed by atoms with Gasteiger partial charge in [-0.2, -0.15) is 0 Å². The van der Waals surface area contributed by atoms with Crippen molar-refractivity contribution in [3.05, 3.63) is 52.1 Å². The molecule has 0 bridgehead atoms. The lowest BCUT2D eigenvalue weighted by molar-refractivity contribution is 0.0507. The number of aromatic carboxylic acids is 2. The number of rotatable bonds is 8. The zero-order chi connectivity index (χ0) is 24.3. The van der Waals surface area contributed by atoms with E-state index in [1.807, 2.05) is 6.92 Å². The highest BCUT2D eigenvalue weighted by Gasteiger charge is 2.17. The van der Waals surface area contributed by atoms with Crippen molar-refractivity contribution in [2.75, 3.05) is 19.0 Å². The Morgan fingerprint density at radius 1 is 0.875 bits per heavy atom. The molecule has 172 valence electrons. The SMILES string of the molecule is CCOC(=O)c1ncc(C(=O)O)cc1Cl.CCOC(=O)c1ncc(C(=O)O)cc1SCC. The Bertz CT molecular complexity index is 1000. The van der Waals surface area contributed by atoms with Crippen LogP contribution in [0, 0.1) is 0 Å². The fraction of sp³-hybridized carbons (Fsp3) is 0.300. The first-order chi connectivity index (χ1) is 15.2. The van der Waals surface area contributed by atoms with Gasteiger partial charge in [0.1, 0.15) is 0 Å². The maximum atomic E-state index is 11.6. The summed E-state index contributed by atoms with van der Waals surface area (Å²) < 4.78 is 9.53. The molecule has 0 fully saturated rings. The van der Waals surface area contributed by atoms with Crippen molar-refractivity contribution in [1.82, 2.24) is 9.97 Å². The van der Waals surface area contributed by atoms with E-state index in [4.69, 9.17) is 26.6 Å². The number of esters is 2. The van der Waals surface area contributed by atoms with E-state index in [1.54, 1.807) is 13.8 Å². The Morgan fingerprint density at radius 2 is 1.34 bits per heavy atom. The Balaban J connectivity index is 0.000000323. The van der Waals surface area contributed by atoms with Crippen LogP contribution < -0.4 is 0 Å². The molecule has 0 amide bonds. The van der Waals surface area contributed by atoms with Crippen molar-refractivity contribution in [2.45, 2.75) is 25.7 Å². The van der Waals surface area contributed by atoms with E-state index in [0.717, 1.165) is 24.2 Å². The van der Waals surface area contributed by atoms with Crippen molar-refractivity contribution in [1.29, 1.82) is 0 Å². The molecular weight excluding hydrogens is 464 g/mol. The Labute approximate surface area is 192 Å². The molecule has 0 saturated carbocycles. The van der Waals surface area contributed by atoms with E-state index in [1.165, 1.54) is 17.8 Å². The Morgan fingerprint density at radius 3 is 1.78 bits per heavy atom. The number of carboxylic acids is 2. The fourth-order valence-corrected chi connectivity index (χ4v) is 3.12. The lowest BCUT2D eigenvalue weighted by Crippen LogP contribution is -2.10. The number of halogens is 1. The third kappa shape index (κ3) is 7.82. The first kappa shape index (κ1) is 26.9. The number of nitrogens with zero attached hydrogens (tertiary/aromatic N) is 2. The predicted molar refractivity (Wildman–Crippen MR) is 116 cm³/mol. The van der Waals surface area contributed by atoms with Crippen molar-refractivity contribution in [3.8, 4) is 0 Å². The minimum Gasteiger partial charge on any atom is -0.478 e. The van der Waals surface area contributed by atoms with Gasteiger partial charge in [-0.05, 0) is 31.7 Å². The molecular formula is C20H21ClN2O8S. The molecule has 0 saturated heterocycles. The molecule has 0 radical (unpaired) electrons. The van der Waals surface area contributed by atoms with E-state index < -0.39 is 23.9 Å². The van der Waals surface area contributed by atoms with Gasteiger partial charge in [0.15, 0.2) is 11.4 Å². The molecule has 0 spiro atoms. The molecule has 0 aromatic carbocycles. The topological polar surface area (TPSA) is 153 Å². The summed E-state index contributed by atoms with van der Waals surface area (Å²) in [7, 11) is 0. The van der Waals surface area contributed by atoms with Crippen LogP contribution in [0.4, 0.5) is 0 Å². The minimum atomic E-state index is -1.15. The van der Waals surface area contributed by atoms with Gasteiger partial charge in [0.2, 0.25) is 0 Å². The number of carbonyl (C=O) groups is 4.